The first-order chi connectivity index (χ1) is 16.0. The number of hydrogen-bond acceptors (Lipinski definition) is 5. The predicted molar refractivity (Wildman–Crippen MR) is 128 cm³/mol. The van der Waals surface area contributed by atoms with Crippen LogP contribution in [0.25, 0.3) is 0 Å². The molecule has 2 aromatic carbocycles. The fraction of sp³-hybridized carbons (Fsp3) is 0.292. The van der Waals surface area contributed by atoms with E-state index in [4.69, 9.17) is 11.6 Å². The van der Waals surface area contributed by atoms with Crippen molar-refractivity contribution in [3.63, 3.8) is 0 Å². The number of nitrogens with zero attached hydrogens (tertiary/aromatic N) is 3. The Balaban J connectivity index is 1.20. The molecule has 2 amide bonds. The zero-order valence-electron chi connectivity index (χ0n) is 18.0. The molecule has 1 aromatic heterocycles. The minimum absolute atomic E-state index is 0.0252. The molecular weight excluding hydrogens is 463 g/mol. The predicted octanol–water partition coefficient (Wildman–Crippen LogP) is 3.53. The lowest BCUT2D eigenvalue weighted by atomic mass is 10.1. The highest BCUT2D eigenvalue weighted by molar-refractivity contribution is 7.09. The summed E-state index contributed by atoms with van der Waals surface area (Å²) in [5, 5.41) is 6.10. The minimum atomic E-state index is -0.271. The monoisotopic (exact) mass is 486 g/mol. The molecule has 0 spiro atoms. The smallest absolute Gasteiger partial charge is 0.242 e. The van der Waals surface area contributed by atoms with Crippen molar-refractivity contribution >= 4 is 40.4 Å². The molecule has 4 rings (SSSR count). The van der Waals surface area contributed by atoms with Gasteiger partial charge in [-0.1, -0.05) is 29.8 Å². The number of anilines is 1. The van der Waals surface area contributed by atoms with Crippen molar-refractivity contribution in [1.82, 2.24) is 15.2 Å². The van der Waals surface area contributed by atoms with Gasteiger partial charge >= 0.3 is 0 Å². The summed E-state index contributed by atoms with van der Waals surface area (Å²) in [5.74, 6) is -0.600. The van der Waals surface area contributed by atoms with Crippen LogP contribution < -0.4 is 10.2 Å². The van der Waals surface area contributed by atoms with Crippen molar-refractivity contribution in [1.29, 1.82) is 0 Å². The number of benzene rings is 2. The van der Waals surface area contributed by atoms with Crippen molar-refractivity contribution in [2.24, 2.45) is 0 Å². The highest BCUT2D eigenvalue weighted by Gasteiger charge is 2.22. The van der Waals surface area contributed by atoms with E-state index >= 15 is 0 Å². The fourth-order valence-corrected chi connectivity index (χ4v) is 4.70. The number of rotatable bonds is 7. The molecule has 6 nitrogen and oxygen atoms in total. The lowest BCUT2D eigenvalue weighted by molar-refractivity contribution is -0.133. The molecule has 2 heterocycles. The van der Waals surface area contributed by atoms with Crippen LogP contribution in [0.3, 0.4) is 0 Å². The fourth-order valence-electron chi connectivity index (χ4n) is 3.69. The third-order valence-corrected chi connectivity index (χ3v) is 6.58. The number of thiazole rings is 1. The van der Waals surface area contributed by atoms with E-state index in [0.717, 1.165) is 29.3 Å². The van der Waals surface area contributed by atoms with Gasteiger partial charge in [-0.2, -0.15) is 0 Å². The third-order valence-electron chi connectivity index (χ3n) is 5.45. The number of carbonyl (C=O) groups excluding carboxylic acids is 2. The van der Waals surface area contributed by atoms with Gasteiger partial charge in [-0.05, 0) is 35.9 Å². The second-order valence-corrected chi connectivity index (χ2v) is 9.22. The van der Waals surface area contributed by atoms with E-state index in [-0.39, 0.29) is 30.6 Å². The topological polar surface area (TPSA) is 65.5 Å². The maximum atomic E-state index is 13.0. The molecule has 0 saturated carbocycles. The Morgan fingerprint density at radius 2 is 1.85 bits per heavy atom. The number of nitrogens with one attached hydrogen (secondary N) is 1. The van der Waals surface area contributed by atoms with E-state index in [1.807, 2.05) is 29.6 Å². The normalized spacial score (nSPS) is 13.8. The first-order valence-electron chi connectivity index (χ1n) is 10.7. The quantitative estimate of drug-likeness (QED) is 0.555. The van der Waals surface area contributed by atoms with Crippen LogP contribution in [-0.4, -0.2) is 54.4 Å². The maximum absolute atomic E-state index is 13.0. The number of aromatic nitrogens is 1. The van der Waals surface area contributed by atoms with Gasteiger partial charge in [0.25, 0.3) is 0 Å². The zero-order valence-corrected chi connectivity index (χ0v) is 19.5. The summed E-state index contributed by atoms with van der Waals surface area (Å²) in [4.78, 5) is 33.3. The van der Waals surface area contributed by atoms with Gasteiger partial charge in [0.05, 0.1) is 23.7 Å². The average Bonchev–Trinajstić information content (AvgIpc) is 3.25. The van der Waals surface area contributed by atoms with Crippen LogP contribution >= 0.6 is 22.9 Å². The summed E-state index contributed by atoms with van der Waals surface area (Å²) in [7, 11) is 0. The summed E-state index contributed by atoms with van der Waals surface area (Å²) in [6.07, 6.45) is 0.710. The molecule has 1 aliphatic rings. The molecule has 1 fully saturated rings. The molecule has 0 aliphatic carbocycles. The molecule has 3 aromatic rings. The molecule has 172 valence electrons. The Morgan fingerprint density at radius 1 is 1.09 bits per heavy atom. The van der Waals surface area contributed by atoms with Crippen LogP contribution in [0.2, 0.25) is 5.02 Å². The molecule has 9 heteroatoms. The van der Waals surface area contributed by atoms with Gasteiger partial charge in [-0.15, -0.1) is 11.3 Å². The molecule has 1 N–H and O–H groups in total. The Morgan fingerprint density at radius 3 is 2.58 bits per heavy atom. The molecule has 0 atom stereocenters. The van der Waals surface area contributed by atoms with E-state index < -0.39 is 0 Å². The van der Waals surface area contributed by atoms with Gasteiger partial charge in [-0.3, -0.25) is 9.59 Å². The van der Waals surface area contributed by atoms with Crippen LogP contribution in [-0.2, 0) is 22.4 Å². The summed E-state index contributed by atoms with van der Waals surface area (Å²) < 4.78 is 13.0. The van der Waals surface area contributed by atoms with Crippen molar-refractivity contribution in [2.75, 3.05) is 37.6 Å². The molecular formula is C24H24ClFN4O2S. The van der Waals surface area contributed by atoms with E-state index in [2.05, 4.69) is 15.2 Å². The van der Waals surface area contributed by atoms with E-state index in [0.29, 0.717) is 30.2 Å². The first kappa shape index (κ1) is 23.2. The van der Waals surface area contributed by atoms with Gasteiger partial charge in [-0.25, -0.2) is 9.37 Å². The maximum Gasteiger partial charge on any atom is 0.242 e. The largest absolute Gasteiger partial charge is 0.368 e. The van der Waals surface area contributed by atoms with Crippen molar-refractivity contribution in [3.8, 4) is 0 Å². The van der Waals surface area contributed by atoms with E-state index in [9.17, 15) is 14.0 Å². The van der Waals surface area contributed by atoms with Crippen molar-refractivity contribution in [2.45, 2.75) is 12.8 Å². The van der Waals surface area contributed by atoms with Gasteiger partial charge in [0.1, 0.15) is 5.82 Å². The summed E-state index contributed by atoms with van der Waals surface area (Å²) in [6, 6.07) is 14.0. The average molecular weight is 487 g/mol. The lowest BCUT2D eigenvalue weighted by Gasteiger charge is -2.36. The Labute approximate surface area is 201 Å². The Hall–Kier alpha value is -2.97. The summed E-state index contributed by atoms with van der Waals surface area (Å²) in [5.41, 5.74) is 2.67. The SMILES string of the molecule is O=C(Cc1csc(Cc2ccc(F)cc2)n1)NCC(=O)N1CCN(c2cccc(Cl)c2)CC1. The lowest BCUT2D eigenvalue weighted by Crippen LogP contribution is -2.51. The van der Waals surface area contributed by atoms with Crippen LogP contribution in [0.1, 0.15) is 16.3 Å². The Bertz CT molecular complexity index is 1110. The van der Waals surface area contributed by atoms with E-state index in [1.165, 1.54) is 23.5 Å². The zero-order chi connectivity index (χ0) is 23.2. The molecule has 1 aliphatic heterocycles. The molecule has 0 unspecified atom stereocenters. The summed E-state index contributed by atoms with van der Waals surface area (Å²) >= 11 is 7.53. The van der Waals surface area contributed by atoms with Crippen LogP contribution in [0, 0.1) is 5.82 Å². The number of hydrogen-bond donors (Lipinski definition) is 1. The Kier molecular flexibility index (Phi) is 7.57. The first-order valence-corrected chi connectivity index (χ1v) is 11.9. The van der Waals surface area contributed by atoms with Crippen LogP contribution in [0.4, 0.5) is 10.1 Å². The number of carbonyl (C=O) groups is 2. The molecule has 0 bridgehead atoms. The van der Waals surface area contributed by atoms with Gasteiger partial charge < -0.3 is 15.1 Å². The van der Waals surface area contributed by atoms with Gasteiger partial charge in [0.15, 0.2) is 0 Å². The summed E-state index contributed by atoms with van der Waals surface area (Å²) in [6.45, 7) is 2.61. The van der Waals surface area contributed by atoms with Crippen LogP contribution in [0.15, 0.2) is 53.9 Å². The molecule has 1 saturated heterocycles. The second-order valence-electron chi connectivity index (χ2n) is 7.84. The molecule has 0 radical (unpaired) electrons. The standard InChI is InChI=1S/C24H24ClFN4O2S/c25-18-2-1-3-21(13-18)29-8-10-30(11-9-29)24(32)15-27-22(31)14-20-16-33-23(28-20)12-17-4-6-19(26)7-5-17/h1-7,13,16H,8-12,14-15H2,(H,27,31). The highest BCUT2D eigenvalue weighted by atomic mass is 35.5. The van der Waals surface area contributed by atoms with Crippen molar-refractivity contribution < 1.29 is 14.0 Å². The van der Waals surface area contributed by atoms with Gasteiger partial charge in [0.2, 0.25) is 11.8 Å². The second kappa shape index (κ2) is 10.8. The van der Waals surface area contributed by atoms with Gasteiger partial charge in [0, 0.05) is 48.7 Å². The number of halogens is 2. The van der Waals surface area contributed by atoms with Crippen LogP contribution in [0.5, 0.6) is 0 Å². The molecule has 33 heavy (non-hydrogen) atoms. The number of piperazine rings is 1. The third kappa shape index (κ3) is 6.52. The highest BCUT2D eigenvalue weighted by Crippen LogP contribution is 2.21. The number of amides is 2. The van der Waals surface area contributed by atoms with Crippen molar-refractivity contribution in [3.05, 3.63) is 81.0 Å². The van der Waals surface area contributed by atoms with E-state index in [1.54, 1.807) is 17.0 Å². The minimum Gasteiger partial charge on any atom is -0.368 e.